The van der Waals surface area contributed by atoms with Crippen molar-refractivity contribution in [1.29, 1.82) is 0 Å². The van der Waals surface area contributed by atoms with E-state index in [1.807, 2.05) is 18.2 Å². The van der Waals surface area contributed by atoms with Gasteiger partial charge in [0.2, 0.25) is 0 Å². The Hall–Kier alpha value is -1.69. The minimum absolute atomic E-state index is 0.00228. The molecule has 1 aromatic carbocycles. The minimum atomic E-state index is -0.894. The lowest BCUT2D eigenvalue weighted by Gasteiger charge is -2.28. The van der Waals surface area contributed by atoms with Gasteiger partial charge in [-0.05, 0) is 18.1 Å². The third-order valence-corrected chi connectivity index (χ3v) is 4.69. The number of nitrogens with zero attached hydrogens (tertiary/aromatic N) is 1. The van der Waals surface area contributed by atoms with Crippen LogP contribution < -0.4 is 5.32 Å². The summed E-state index contributed by atoms with van der Waals surface area (Å²) in [6.45, 7) is 1.79. The molecule has 1 aromatic rings. The standard InChI is InChI=1S/C15H20N2O3S/c1-10(14(18)19)9-17(2)15(20)16-12-7-8-21-13-6-4-3-5-11(12)13/h3-6,10,12H,7-9H2,1-2H3,(H,16,20)(H,18,19). The first-order valence-corrected chi connectivity index (χ1v) is 7.93. The van der Waals surface area contributed by atoms with E-state index in [2.05, 4.69) is 11.4 Å². The summed E-state index contributed by atoms with van der Waals surface area (Å²) in [6.07, 6.45) is 0.885. The van der Waals surface area contributed by atoms with E-state index < -0.39 is 11.9 Å². The predicted octanol–water partition coefficient (Wildman–Crippen LogP) is 2.59. The first kappa shape index (κ1) is 15.7. The second-order valence-corrected chi connectivity index (χ2v) is 6.43. The summed E-state index contributed by atoms with van der Waals surface area (Å²) in [5, 5.41) is 11.9. The molecule has 0 spiro atoms. The van der Waals surface area contributed by atoms with E-state index in [-0.39, 0.29) is 18.6 Å². The monoisotopic (exact) mass is 308 g/mol. The molecule has 1 aliphatic rings. The normalized spacial score (nSPS) is 18.5. The van der Waals surface area contributed by atoms with Crippen LogP contribution in [0.1, 0.15) is 24.9 Å². The topological polar surface area (TPSA) is 69.6 Å². The van der Waals surface area contributed by atoms with E-state index in [1.54, 1.807) is 25.7 Å². The second kappa shape index (κ2) is 6.85. The number of carboxylic acid groups (broad SMARTS) is 1. The number of rotatable bonds is 4. The quantitative estimate of drug-likeness (QED) is 0.897. The molecule has 1 aliphatic heterocycles. The predicted molar refractivity (Wildman–Crippen MR) is 82.5 cm³/mol. The Morgan fingerprint density at radius 2 is 2.19 bits per heavy atom. The SMILES string of the molecule is CC(CN(C)C(=O)NC1CCSc2ccccc21)C(=O)O. The molecule has 0 radical (unpaired) electrons. The summed E-state index contributed by atoms with van der Waals surface area (Å²) < 4.78 is 0. The highest BCUT2D eigenvalue weighted by Gasteiger charge is 2.24. The Morgan fingerprint density at radius 3 is 2.90 bits per heavy atom. The molecule has 21 heavy (non-hydrogen) atoms. The van der Waals surface area contributed by atoms with Gasteiger partial charge in [0, 0.05) is 24.2 Å². The number of benzene rings is 1. The van der Waals surface area contributed by atoms with Gasteiger partial charge in [-0.3, -0.25) is 4.79 Å². The Morgan fingerprint density at radius 1 is 1.48 bits per heavy atom. The van der Waals surface area contributed by atoms with E-state index in [0.717, 1.165) is 17.7 Å². The van der Waals surface area contributed by atoms with Gasteiger partial charge in [-0.1, -0.05) is 25.1 Å². The van der Waals surface area contributed by atoms with Gasteiger partial charge in [-0.25, -0.2) is 4.79 Å². The zero-order valence-electron chi connectivity index (χ0n) is 12.2. The summed E-state index contributed by atoms with van der Waals surface area (Å²) >= 11 is 1.80. The molecule has 2 unspecified atom stereocenters. The number of hydrogen-bond donors (Lipinski definition) is 2. The van der Waals surface area contributed by atoms with Crippen molar-refractivity contribution in [3.05, 3.63) is 29.8 Å². The van der Waals surface area contributed by atoms with E-state index in [9.17, 15) is 9.59 Å². The van der Waals surface area contributed by atoms with E-state index in [4.69, 9.17) is 5.11 Å². The molecule has 2 rings (SSSR count). The van der Waals surface area contributed by atoms with Gasteiger partial charge in [0.1, 0.15) is 0 Å². The van der Waals surface area contributed by atoms with Crippen LogP contribution in [0.3, 0.4) is 0 Å². The number of nitrogens with one attached hydrogen (secondary N) is 1. The summed E-state index contributed by atoms with van der Waals surface area (Å²) in [5.41, 5.74) is 1.14. The average molecular weight is 308 g/mol. The number of amides is 2. The number of hydrogen-bond acceptors (Lipinski definition) is 3. The van der Waals surface area contributed by atoms with Crippen LogP contribution in [0.15, 0.2) is 29.2 Å². The van der Waals surface area contributed by atoms with Gasteiger partial charge in [0.15, 0.2) is 0 Å². The lowest BCUT2D eigenvalue weighted by Crippen LogP contribution is -2.42. The molecule has 5 nitrogen and oxygen atoms in total. The molecule has 1 heterocycles. The highest BCUT2D eigenvalue weighted by molar-refractivity contribution is 7.99. The zero-order valence-corrected chi connectivity index (χ0v) is 13.0. The Kier molecular flexibility index (Phi) is 5.12. The third-order valence-electron chi connectivity index (χ3n) is 3.57. The van der Waals surface area contributed by atoms with Gasteiger partial charge < -0.3 is 15.3 Å². The first-order valence-electron chi connectivity index (χ1n) is 6.95. The molecular weight excluding hydrogens is 288 g/mol. The molecule has 2 amide bonds. The van der Waals surface area contributed by atoms with Gasteiger partial charge in [-0.15, -0.1) is 11.8 Å². The summed E-state index contributed by atoms with van der Waals surface area (Å²) in [7, 11) is 1.62. The molecule has 0 fully saturated rings. The van der Waals surface area contributed by atoms with Crippen molar-refractivity contribution in [2.45, 2.75) is 24.3 Å². The molecule has 6 heteroatoms. The van der Waals surface area contributed by atoms with Crippen molar-refractivity contribution >= 4 is 23.8 Å². The Bertz CT molecular complexity index is 535. The van der Waals surface area contributed by atoms with Crippen molar-refractivity contribution < 1.29 is 14.7 Å². The van der Waals surface area contributed by atoms with Crippen LogP contribution in [0, 0.1) is 5.92 Å². The number of aliphatic carboxylic acids is 1. The number of thioether (sulfide) groups is 1. The van der Waals surface area contributed by atoms with Crippen LogP contribution in [0.25, 0.3) is 0 Å². The van der Waals surface area contributed by atoms with Crippen LogP contribution in [0.2, 0.25) is 0 Å². The summed E-state index contributed by atoms with van der Waals surface area (Å²) in [5.74, 6) is -0.499. The number of urea groups is 1. The molecule has 0 aliphatic carbocycles. The van der Waals surface area contributed by atoms with Crippen molar-refractivity contribution in [2.75, 3.05) is 19.3 Å². The maximum absolute atomic E-state index is 12.2. The summed E-state index contributed by atoms with van der Waals surface area (Å²) in [4.78, 5) is 25.7. The largest absolute Gasteiger partial charge is 0.481 e. The molecule has 114 valence electrons. The molecule has 0 aromatic heterocycles. The number of carboxylic acids is 1. The highest BCUT2D eigenvalue weighted by Crippen LogP contribution is 2.35. The molecule has 0 bridgehead atoms. The van der Waals surface area contributed by atoms with Crippen LogP contribution in [-0.2, 0) is 4.79 Å². The van der Waals surface area contributed by atoms with E-state index >= 15 is 0 Å². The molecular formula is C15H20N2O3S. The second-order valence-electron chi connectivity index (χ2n) is 5.30. The smallest absolute Gasteiger partial charge is 0.317 e. The highest BCUT2D eigenvalue weighted by atomic mass is 32.2. The average Bonchev–Trinajstić information content (AvgIpc) is 2.47. The third kappa shape index (κ3) is 3.91. The summed E-state index contributed by atoms with van der Waals surface area (Å²) in [6, 6.07) is 7.84. The fourth-order valence-corrected chi connectivity index (χ4v) is 3.45. The molecule has 0 saturated heterocycles. The van der Waals surface area contributed by atoms with Crippen LogP contribution >= 0.6 is 11.8 Å². The van der Waals surface area contributed by atoms with E-state index in [1.165, 1.54) is 9.80 Å². The van der Waals surface area contributed by atoms with Crippen LogP contribution in [0.5, 0.6) is 0 Å². The molecule has 2 atom stereocenters. The van der Waals surface area contributed by atoms with E-state index in [0.29, 0.717) is 0 Å². The van der Waals surface area contributed by atoms with Crippen molar-refractivity contribution in [2.24, 2.45) is 5.92 Å². The van der Waals surface area contributed by atoms with Crippen LogP contribution in [-0.4, -0.2) is 41.4 Å². The fourth-order valence-electron chi connectivity index (χ4n) is 2.32. The minimum Gasteiger partial charge on any atom is -0.481 e. The van der Waals surface area contributed by atoms with Crippen LogP contribution in [0.4, 0.5) is 4.79 Å². The van der Waals surface area contributed by atoms with Gasteiger partial charge in [-0.2, -0.15) is 0 Å². The number of carbonyl (C=O) groups excluding carboxylic acids is 1. The number of carbonyl (C=O) groups is 2. The van der Waals surface area contributed by atoms with Gasteiger partial charge >= 0.3 is 12.0 Å². The Labute approximate surface area is 128 Å². The van der Waals surface area contributed by atoms with Crippen molar-refractivity contribution in [3.8, 4) is 0 Å². The zero-order chi connectivity index (χ0) is 15.4. The van der Waals surface area contributed by atoms with Crippen molar-refractivity contribution in [1.82, 2.24) is 10.2 Å². The van der Waals surface area contributed by atoms with Crippen molar-refractivity contribution in [3.63, 3.8) is 0 Å². The molecule has 2 N–H and O–H groups in total. The van der Waals surface area contributed by atoms with Gasteiger partial charge in [0.25, 0.3) is 0 Å². The lowest BCUT2D eigenvalue weighted by atomic mass is 10.0. The lowest BCUT2D eigenvalue weighted by molar-refractivity contribution is -0.141. The first-order chi connectivity index (χ1) is 9.99. The maximum atomic E-state index is 12.2. The molecule has 0 saturated carbocycles. The fraction of sp³-hybridized carbons (Fsp3) is 0.467. The Balaban J connectivity index is 1.99. The van der Waals surface area contributed by atoms with Gasteiger partial charge in [0.05, 0.1) is 12.0 Å². The number of fused-ring (bicyclic) bond motifs is 1. The maximum Gasteiger partial charge on any atom is 0.317 e.